The summed E-state index contributed by atoms with van der Waals surface area (Å²) in [6.45, 7) is 1.71. The largest absolute Gasteiger partial charge is 0.394 e. The number of benzene rings is 1. The molecule has 1 aromatic carbocycles. The summed E-state index contributed by atoms with van der Waals surface area (Å²) in [6.07, 6.45) is 1.83. The van der Waals surface area contributed by atoms with Gasteiger partial charge in [-0.1, -0.05) is 23.7 Å². The van der Waals surface area contributed by atoms with Crippen LogP contribution >= 0.6 is 23.7 Å². The molecule has 0 spiro atoms. The zero-order valence-corrected chi connectivity index (χ0v) is 15.1. The van der Waals surface area contributed by atoms with Crippen LogP contribution in [0.25, 0.3) is 0 Å². The predicted molar refractivity (Wildman–Crippen MR) is 95.2 cm³/mol. The lowest BCUT2D eigenvalue weighted by atomic mass is 10.2. The molecule has 0 unspecified atom stereocenters. The average Bonchev–Trinajstić information content (AvgIpc) is 2.57. The first-order valence-corrected chi connectivity index (χ1v) is 9.45. The number of aliphatic hydroxyl groups is 1. The van der Waals surface area contributed by atoms with E-state index in [1.807, 2.05) is 6.26 Å². The normalized spacial score (nSPS) is 12.1. The number of hydrogen-bond donors (Lipinski definition) is 3. The lowest BCUT2D eigenvalue weighted by molar-refractivity contribution is 0.281. The van der Waals surface area contributed by atoms with Crippen LogP contribution < -0.4 is 10.0 Å². The van der Waals surface area contributed by atoms with E-state index in [0.717, 1.165) is 17.8 Å². The molecule has 1 heterocycles. The Hall–Kier alpha value is -1.65. The SMILES string of the molecule is CSNc1cc(N[C@H](C)CO)nc(SCc2cc(F)c(F)cc2F)n1. The number of rotatable bonds is 8. The van der Waals surface area contributed by atoms with Gasteiger partial charge < -0.3 is 15.1 Å². The molecule has 3 N–H and O–H groups in total. The first kappa shape index (κ1) is 19.7. The van der Waals surface area contributed by atoms with Crippen LogP contribution in [-0.4, -0.2) is 34.0 Å². The highest BCUT2D eigenvalue weighted by Crippen LogP contribution is 2.26. The van der Waals surface area contributed by atoms with Crippen molar-refractivity contribution >= 4 is 35.3 Å². The molecule has 0 aliphatic rings. The molecule has 0 radical (unpaired) electrons. The number of thioether (sulfide) groups is 1. The van der Waals surface area contributed by atoms with Crippen LogP contribution in [0.4, 0.5) is 24.8 Å². The summed E-state index contributed by atoms with van der Waals surface area (Å²) in [5, 5.41) is 12.5. The fourth-order valence-corrected chi connectivity index (χ4v) is 2.98. The Kier molecular flexibility index (Phi) is 7.21. The first-order chi connectivity index (χ1) is 11.9. The van der Waals surface area contributed by atoms with Crippen LogP contribution in [0.5, 0.6) is 0 Å². The Balaban J connectivity index is 2.18. The van der Waals surface area contributed by atoms with E-state index in [-0.39, 0.29) is 24.0 Å². The summed E-state index contributed by atoms with van der Waals surface area (Å²) in [6, 6.07) is 2.81. The summed E-state index contributed by atoms with van der Waals surface area (Å²) in [7, 11) is 0. The van der Waals surface area contributed by atoms with Crippen molar-refractivity contribution in [2.24, 2.45) is 0 Å². The highest BCUT2D eigenvalue weighted by Gasteiger charge is 2.12. The number of aromatic nitrogens is 2. The molecule has 2 aromatic rings. The Labute approximate surface area is 152 Å². The minimum absolute atomic E-state index is 0.0222. The molecule has 1 atom stereocenters. The van der Waals surface area contributed by atoms with Crippen molar-refractivity contribution in [1.82, 2.24) is 9.97 Å². The van der Waals surface area contributed by atoms with Crippen molar-refractivity contribution < 1.29 is 18.3 Å². The van der Waals surface area contributed by atoms with Gasteiger partial charge in [-0.15, -0.1) is 0 Å². The van der Waals surface area contributed by atoms with Crippen molar-refractivity contribution in [3.05, 3.63) is 41.2 Å². The van der Waals surface area contributed by atoms with Crippen molar-refractivity contribution in [3.63, 3.8) is 0 Å². The Bertz CT molecular complexity index is 736. The van der Waals surface area contributed by atoms with E-state index in [0.29, 0.717) is 22.9 Å². The second-order valence-corrected chi connectivity index (χ2v) is 6.66. The topological polar surface area (TPSA) is 70.1 Å². The van der Waals surface area contributed by atoms with Gasteiger partial charge >= 0.3 is 0 Å². The number of nitrogens with one attached hydrogen (secondary N) is 2. The molecule has 0 fully saturated rings. The van der Waals surface area contributed by atoms with E-state index < -0.39 is 17.5 Å². The fraction of sp³-hybridized carbons (Fsp3) is 0.333. The van der Waals surface area contributed by atoms with Crippen LogP contribution in [0.1, 0.15) is 12.5 Å². The highest BCUT2D eigenvalue weighted by molar-refractivity contribution is 7.99. The van der Waals surface area contributed by atoms with Crippen molar-refractivity contribution in [2.75, 3.05) is 22.9 Å². The maximum absolute atomic E-state index is 13.7. The highest BCUT2D eigenvalue weighted by atomic mass is 32.2. The number of halogens is 3. The van der Waals surface area contributed by atoms with E-state index in [4.69, 9.17) is 5.11 Å². The predicted octanol–water partition coefficient (Wildman–Crippen LogP) is 3.67. The van der Waals surface area contributed by atoms with Gasteiger partial charge in [-0.3, -0.25) is 0 Å². The molecule has 0 saturated heterocycles. The lowest BCUT2D eigenvalue weighted by Crippen LogP contribution is -2.20. The molecule has 0 aliphatic heterocycles. The van der Waals surface area contributed by atoms with Crippen LogP contribution in [-0.2, 0) is 5.75 Å². The van der Waals surface area contributed by atoms with Crippen LogP contribution in [0.15, 0.2) is 23.4 Å². The van der Waals surface area contributed by atoms with Gasteiger partial charge in [0.05, 0.1) is 6.61 Å². The van der Waals surface area contributed by atoms with Gasteiger partial charge in [-0.25, -0.2) is 23.1 Å². The summed E-state index contributed by atoms with van der Waals surface area (Å²) >= 11 is 2.43. The number of hydrogen-bond acceptors (Lipinski definition) is 7. The standard InChI is InChI=1S/C15H17F3N4OS2/c1-8(6-23)19-13-5-14(22-24-2)21-15(20-13)25-7-9-3-11(17)12(18)4-10(9)16/h3-5,8,23H,6-7H2,1-2H3,(H2,19,20,21,22)/t8-/m1/s1. The van der Waals surface area contributed by atoms with E-state index in [2.05, 4.69) is 20.0 Å². The maximum atomic E-state index is 13.7. The van der Waals surface area contributed by atoms with Crippen molar-refractivity contribution in [3.8, 4) is 0 Å². The summed E-state index contributed by atoms with van der Waals surface area (Å²) in [5.41, 5.74) is 0.0222. The fourth-order valence-electron chi connectivity index (χ4n) is 1.84. The molecule has 1 aromatic heterocycles. The molecular formula is C15H17F3N4OS2. The first-order valence-electron chi connectivity index (χ1n) is 7.24. The summed E-state index contributed by atoms with van der Waals surface area (Å²) in [4.78, 5) is 8.55. The molecule has 0 bridgehead atoms. The summed E-state index contributed by atoms with van der Waals surface area (Å²) < 4.78 is 42.9. The Morgan fingerprint density at radius 1 is 1.08 bits per heavy atom. The summed E-state index contributed by atoms with van der Waals surface area (Å²) in [5.74, 6) is -2.09. The quantitative estimate of drug-likeness (QED) is 0.275. The molecule has 136 valence electrons. The number of anilines is 2. The maximum Gasteiger partial charge on any atom is 0.191 e. The van der Waals surface area contributed by atoms with Gasteiger partial charge in [0.15, 0.2) is 16.8 Å². The van der Waals surface area contributed by atoms with Gasteiger partial charge in [-0.05, 0) is 13.0 Å². The molecule has 2 rings (SSSR count). The smallest absolute Gasteiger partial charge is 0.191 e. The Morgan fingerprint density at radius 3 is 2.44 bits per heavy atom. The lowest BCUT2D eigenvalue weighted by Gasteiger charge is -2.13. The van der Waals surface area contributed by atoms with E-state index in [1.54, 1.807) is 13.0 Å². The van der Waals surface area contributed by atoms with Gasteiger partial charge in [0.25, 0.3) is 0 Å². The average molecular weight is 390 g/mol. The monoisotopic (exact) mass is 390 g/mol. The zero-order valence-electron chi connectivity index (χ0n) is 13.5. The third-order valence-electron chi connectivity index (χ3n) is 3.03. The van der Waals surface area contributed by atoms with Gasteiger partial charge in [0.1, 0.15) is 17.5 Å². The van der Waals surface area contributed by atoms with Crippen LogP contribution in [0.2, 0.25) is 0 Å². The van der Waals surface area contributed by atoms with Crippen molar-refractivity contribution in [2.45, 2.75) is 23.9 Å². The van der Waals surface area contributed by atoms with E-state index in [9.17, 15) is 13.2 Å². The zero-order chi connectivity index (χ0) is 18.4. The van der Waals surface area contributed by atoms with Crippen LogP contribution in [0, 0.1) is 17.5 Å². The van der Waals surface area contributed by atoms with E-state index >= 15 is 0 Å². The molecular weight excluding hydrogens is 373 g/mol. The Morgan fingerprint density at radius 2 is 1.76 bits per heavy atom. The molecule has 0 amide bonds. The second kappa shape index (κ2) is 9.16. The van der Waals surface area contributed by atoms with Gasteiger partial charge in [-0.2, -0.15) is 0 Å². The number of aliphatic hydroxyl groups excluding tert-OH is 1. The molecule has 10 heteroatoms. The number of nitrogens with zero attached hydrogens (tertiary/aromatic N) is 2. The van der Waals surface area contributed by atoms with Gasteiger partial charge in [0, 0.05) is 35.7 Å². The molecule has 0 saturated carbocycles. The molecule has 0 aliphatic carbocycles. The van der Waals surface area contributed by atoms with Crippen LogP contribution in [0.3, 0.4) is 0 Å². The molecule has 5 nitrogen and oxygen atoms in total. The third-order valence-corrected chi connectivity index (χ3v) is 4.34. The second-order valence-electron chi connectivity index (χ2n) is 5.10. The molecule has 25 heavy (non-hydrogen) atoms. The van der Waals surface area contributed by atoms with Crippen molar-refractivity contribution in [1.29, 1.82) is 0 Å². The minimum atomic E-state index is -1.22. The van der Waals surface area contributed by atoms with Gasteiger partial charge in [0.2, 0.25) is 0 Å². The third kappa shape index (κ3) is 5.68. The minimum Gasteiger partial charge on any atom is -0.394 e. The van der Waals surface area contributed by atoms with E-state index in [1.165, 1.54) is 11.9 Å².